The van der Waals surface area contributed by atoms with Crippen molar-refractivity contribution < 1.29 is 4.39 Å². The number of allylic oxidation sites excluding steroid dienone is 1. The zero-order valence-electron chi connectivity index (χ0n) is 18.6. The van der Waals surface area contributed by atoms with Crippen molar-refractivity contribution in [1.82, 2.24) is 35.0 Å². The molecule has 0 aromatic carbocycles. The van der Waals surface area contributed by atoms with Crippen LogP contribution in [0.2, 0.25) is 0 Å². The molecule has 7 nitrogen and oxygen atoms in total. The van der Waals surface area contributed by atoms with Crippen LogP contribution >= 0.6 is 0 Å². The number of hydrogen-bond acceptors (Lipinski definition) is 5. The van der Waals surface area contributed by atoms with Gasteiger partial charge in [-0.2, -0.15) is 10.2 Å². The largest absolute Gasteiger partial charge is 0.385 e. The van der Waals surface area contributed by atoms with Gasteiger partial charge in [0.15, 0.2) is 5.65 Å². The van der Waals surface area contributed by atoms with Gasteiger partial charge in [0.1, 0.15) is 0 Å². The number of hydrogen-bond donors (Lipinski definition) is 2. The third-order valence-electron chi connectivity index (χ3n) is 5.00. The molecule has 0 aliphatic rings. The number of alkyl halides is 1. The highest BCUT2D eigenvalue weighted by molar-refractivity contribution is 5.58. The molecule has 3 rings (SSSR count). The van der Waals surface area contributed by atoms with Crippen LogP contribution in [0.1, 0.15) is 63.0 Å². The number of aromatic nitrogens is 5. The standard InChI is InChI=1S/C23H32FN7/c1-16(2)31-22(9-10-27-31)19(5)26-14-21-15-30-23(29-21)11-20(13-28-30)12-25-18(4)8-6-7-17(3)24/h9-11,13,15-17,25-26H,4-8,12,14H2,1-3H3. The molecule has 0 bridgehead atoms. The predicted molar refractivity (Wildman–Crippen MR) is 122 cm³/mol. The van der Waals surface area contributed by atoms with Gasteiger partial charge in [-0.1, -0.05) is 13.2 Å². The molecule has 0 saturated heterocycles. The Hall–Kier alpha value is -3.16. The summed E-state index contributed by atoms with van der Waals surface area (Å²) in [6.07, 6.45) is 6.86. The van der Waals surface area contributed by atoms with E-state index in [9.17, 15) is 4.39 Å². The first-order valence-electron chi connectivity index (χ1n) is 10.7. The zero-order chi connectivity index (χ0) is 22.4. The Balaban J connectivity index is 1.55. The van der Waals surface area contributed by atoms with Gasteiger partial charge in [-0.3, -0.25) is 4.68 Å². The molecule has 166 valence electrons. The second-order valence-corrected chi connectivity index (χ2v) is 8.12. The Bertz CT molecular complexity index is 1030. The van der Waals surface area contributed by atoms with Crippen molar-refractivity contribution in [1.29, 1.82) is 0 Å². The van der Waals surface area contributed by atoms with E-state index in [1.54, 1.807) is 17.6 Å². The number of nitrogens with one attached hydrogen (secondary N) is 2. The minimum atomic E-state index is -0.766. The SMILES string of the molecule is C=C(CCCC(C)F)NCc1cnn2cc(CNC(=C)c3ccnn3C(C)C)nc2c1. The molecule has 0 saturated carbocycles. The van der Waals surface area contributed by atoms with Crippen molar-refractivity contribution in [2.45, 2.75) is 65.3 Å². The van der Waals surface area contributed by atoms with Crippen LogP contribution in [0.5, 0.6) is 0 Å². The van der Waals surface area contributed by atoms with Gasteiger partial charge in [0, 0.05) is 24.5 Å². The summed E-state index contributed by atoms with van der Waals surface area (Å²) in [4.78, 5) is 4.66. The van der Waals surface area contributed by atoms with Crippen LogP contribution < -0.4 is 10.6 Å². The quantitative estimate of drug-likeness (QED) is 0.450. The number of nitrogens with zero attached hydrogens (tertiary/aromatic N) is 5. The van der Waals surface area contributed by atoms with Crippen LogP contribution in [0, 0.1) is 0 Å². The molecule has 0 spiro atoms. The van der Waals surface area contributed by atoms with E-state index in [1.165, 1.54) is 0 Å². The van der Waals surface area contributed by atoms with Crippen LogP contribution in [0.15, 0.2) is 49.6 Å². The number of rotatable bonds is 12. The predicted octanol–water partition coefficient (Wildman–Crippen LogP) is 4.40. The summed E-state index contributed by atoms with van der Waals surface area (Å²) in [6, 6.07) is 4.22. The maximum Gasteiger partial charge on any atom is 0.154 e. The van der Waals surface area contributed by atoms with E-state index < -0.39 is 6.17 Å². The van der Waals surface area contributed by atoms with Gasteiger partial charge in [0.25, 0.3) is 0 Å². The van der Waals surface area contributed by atoms with Crippen LogP contribution in [0.3, 0.4) is 0 Å². The lowest BCUT2D eigenvalue weighted by Gasteiger charge is -2.13. The molecule has 3 heterocycles. The molecule has 2 N–H and O–H groups in total. The lowest BCUT2D eigenvalue weighted by atomic mass is 10.1. The van der Waals surface area contributed by atoms with E-state index in [4.69, 9.17) is 0 Å². The molecule has 1 atom stereocenters. The Morgan fingerprint density at radius 3 is 2.71 bits per heavy atom. The minimum Gasteiger partial charge on any atom is -0.385 e. The number of fused-ring (bicyclic) bond motifs is 1. The van der Waals surface area contributed by atoms with Crippen molar-refractivity contribution >= 4 is 11.3 Å². The molecule has 31 heavy (non-hydrogen) atoms. The minimum absolute atomic E-state index is 0.262. The summed E-state index contributed by atoms with van der Waals surface area (Å²) >= 11 is 0. The molecule has 0 aliphatic carbocycles. The van der Waals surface area contributed by atoms with E-state index in [0.717, 1.165) is 46.8 Å². The lowest BCUT2D eigenvalue weighted by molar-refractivity contribution is 0.333. The molecule has 3 aromatic rings. The van der Waals surface area contributed by atoms with Crippen LogP contribution in [-0.2, 0) is 13.1 Å². The second-order valence-electron chi connectivity index (χ2n) is 8.12. The van der Waals surface area contributed by atoms with Crippen molar-refractivity contribution in [2.24, 2.45) is 0 Å². The highest BCUT2D eigenvalue weighted by Crippen LogP contribution is 2.15. The van der Waals surface area contributed by atoms with Crippen molar-refractivity contribution in [3.05, 3.63) is 66.5 Å². The summed E-state index contributed by atoms with van der Waals surface area (Å²) in [6.45, 7) is 15.1. The third kappa shape index (κ3) is 6.16. The van der Waals surface area contributed by atoms with E-state index in [0.29, 0.717) is 19.5 Å². The molecule has 8 heteroatoms. The lowest BCUT2D eigenvalue weighted by Crippen LogP contribution is -2.16. The molecule has 3 aromatic heterocycles. The maximum absolute atomic E-state index is 12.9. The fourth-order valence-electron chi connectivity index (χ4n) is 3.31. The van der Waals surface area contributed by atoms with Gasteiger partial charge >= 0.3 is 0 Å². The van der Waals surface area contributed by atoms with Gasteiger partial charge in [-0.05, 0) is 57.7 Å². The maximum atomic E-state index is 12.9. The smallest absolute Gasteiger partial charge is 0.154 e. The molecule has 0 aliphatic heterocycles. The Morgan fingerprint density at radius 1 is 1.16 bits per heavy atom. The van der Waals surface area contributed by atoms with Gasteiger partial charge in [-0.25, -0.2) is 13.9 Å². The van der Waals surface area contributed by atoms with E-state index in [1.807, 2.05) is 29.2 Å². The summed E-state index contributed by atoms with van der Waals surface area (Å²) in [7, 11) is 0. The first-order chi connectivity index (χ1) is 14.8. The van der Waals surface area contributed by atoms with Crippen molar-refractivity contribution in [3.8, 4) is 0 Å². The molecule has 0 radical (unpaired) electrons. The van der Waals surface area contributed by atoms with Crippen LogP contribution in [0.4, 0.5) is 4.39 Å². The average Bonchev–Trinajstić information content (AvgIpc) is 3.36. The first kappa shape index (κ1) is 22.5. The van der Waals surface area contributed by atoms with E-state index >= 15 is 0 Å². The molecule has 1 unspecified atom stereocenters. The van der Waals surface area contributed by atoms with E-state index in [2.05, 4.69) is 52.8 Å². The van der Waals surface area contributed by atoms with Crippen molar-refractivity contribution in [3.63, 3.8) is 0 Å². The molecule has 0 fully saturated rings. The zero-order valence-corrected chi connectivity index (χ0v) is 18.6. The summed E-state index contributed by atoms with van der Waals surface area (Å²) < 4.78 is 16.6. The number of halogens is 1. The fraction of sp³-hybridized carbons (Fsp3) is 0.435. The normalized spacial score (nSPS) is 12.3. The van der Waals surface area contributed by atoms with Gasteiger partial charge in [-0.15, -0.1) is 0 Å². The second kappa shape index (κ2) is 10.2. The van der Waals surface area contributed by atoms with Gasteiger partial charge < -0.3 is 10.6 Å². The average molecular weight is 426 g/mol. The highest BCUT2D eigenvalue weighted by Gasteiger charge is 2.10. The fourth-order valence-corrected chi connectivity index (χ4v) is 3.31. The molecular weight excluding hydrogens is 393 g/mol. The highest BCUT2D eigenvalue weighted by atomic mass is 19.1. The summed E-state index contributed by atoms with van der Waals surface area (Å²) in [5.41, 5.74) is 5.36. The van der Waals surface area contributed by atoms with Gasteiger partial charge in [0.2, 0.25) is 0 Å². The summed E-state index contributed by atoms with van der Waals surface area (Å²) in [5, 5.41) is 15.4. The number of imidazole rings is 1. The van der Waals surface area contributed by atoms with E-state index in [-0.39, 0.29) is 6.04 Å². The van der Waals surface area contributed by atoms with Crippen LogP contribution in [-0.4, -0.2) is 30.6 Å². The summed E-state index contributed by atoms with van der Waals surface area (Å²) in [5.74, 6) is 0. The third-order valence-corrected chi connectivity index (χ3v) is 5.00. The molecular formula is C23H32FN7. The monoisotopic (exact) mass is 425 g/mol. The van der Waals surface area contributed by atoms with Crippen molar-refractivity contribution in [2.75, 3.05) is 0 Å². The topological polar surface area (TPSA) is 72.1 Å². The molecule has 0 amide bonds. The first-order valence-corrected chi connectivity index (χ1v) is 10.7. The Labute approximate surface area is 183 Å². The Morgan fingerprint density at radius 2 is 1.97 bits per heavy atom. The van der Waals surface area contributed by atoms with Crippen LogP contribution in [0.25, 0.3) is 11.3 Å². The van der Waals surface area contributed by atoms with Gasteiger partial charge in [0.05, 0.1) is 42.2 Å². The Kier molecular flexibility index (Phi) is 7.44.